The van der Waals surface area contributed by atoms with E-state index in [1.807, 2.05) is 0 Å². The van der Waals surface area contributed by atoms with E-state index in [4.69, 9.17) is 21.7 Å². The van der Waals surface area contributed by atoms with Crippen LogP contribution in [0.5, 0.6) is 11.5 Å². The van der Waals surface area contributed by atoms with Crippen LogP contribution >= 0.6 is 12.2 Å². The van der Waals surface area contributed by atoms with E-state index in [-0.39, 0.29) is 16.0 Å². The number of sulfonamides is 1. The number of amides is 1. The highest BCUT2D eigenvalue weighted by molar-refractivity contribution is 7.89. The third-order valence-corrected chi connectivity index (χ3v) is 5.76. The Morgan fingerprint density at radius 2 is 1.68 bits per heavy atom. The fourth-order valence-corrected chi connectivity index (χ4v) is 4.01. The predicted octanol–water partition coefficient (Wildman–Crippen LogP) is 2.92. The first-order valence-corrected chi connectivity index (χ1v) is 11.2. The smallest absolute Gasteiger partial charge is 0.250 e. The van der Waals surface area contributed by atoms with Crippen LogP contribution in [0.15, 0.2) is 53.4 Å². The molecule has 2 rings (SSSR count). The van der Waals surface area contributed by atoms with Gasteiger partial charge in [0.25, 0.3) is 0 Å². The maximum Gasteiger partial charge on any atom is 0.250 e. The number of hydrogen-bond donors (Lipinski definition) is 3. The number of carbonyl (C=O) groups excluding carboxylic acids is 1. The van der Waals surface area contributed by atoms with Crippen molar-refractivity contribution in [2.24, 2.45) is 0 Å². The summed E-state index contributed by atoms with van der Waals surface area (Å²) in [6.07, 6.45) is 2.95. The van der Waals surface area contributed by atoms with E-state index >= 15 is 0 Å². The third-order valence-electron chi connectivity index (χ3n) is 3.88. The van der Waals surface area contributed by atoms with E-state index in [0.29, 0.717) is 17.2 Å². The molecule has 0 atom stereocenters. The van der Waals surface area contributed by atoms with E-state index in [9.17, 15) is 13.2 Å². The normalized spacial score (nSPS) is 11.4. The number of thiocarbonyl (C=S) groups is 1. The Labute approximate surface area is 187 Å². The lowest BCUT2D eigenvalue weighted by Crippen LogP contribution is -2.33. The van der Waals surface area contributed by atoms with Crippen molar-refractivity contribution in [3.63, 3.8) is 0 Å². The molecule has 166 valence electrons. The van der Waals surface area contributed by atoms with Crippen LogP contribution in [-0.4, -0.2) is 39.7 Å². The lowest BCUT2D eigenvalue weighted by Gasteiger charge is -2.11. The van der Waals surface area contributed by atoms with Crippen LogP contribution in [0.4, 0.5) is 5.69 Å². The molecule has 0 radical (unpaired) electrons. The zero-order valence-corrected chi connectivity index (χ0v) is 19.3. The third kappa shape index (κ3) is 7.35. The van der Waals surface area contributed by atoms with Crippen molar-refractivity contribution in [1.29, 1.82) is 0 Å². The maximum atomic E-state index is 12.1. The van der Waals surface area contributed by atoms with Crippen LogP contribution in [0.3, 0.4) is 0 Å². The molecule has 31 heavy (non-hydrogen) atoms. The molecule has 8 nitrogen and oxygen atoms in total. The van der Waals surface area contributed by atoms with Crippen molar-refractivity contribution >= 4 is 45.0 Å². The summed E-state index contributed by atoms with van der Waals surface area (Å²) in [6.45, 7) is 3.49. The number of carbonyl (C=O) groups is 1. The van der Waals surface area contributed by atoms with E-state index in [2.05, 4.69) is 15.4 Å². The van der Waals surface area contributed by atoms with Gasteiger partial charge in [-0.3, -0.25) is 10.1 Å². The second-order valence-electron chi connectivity index (χ2n) is 6.69. The molecule has 2 aromatic carbocycles. The maximum absolute atomic E-state index is 12.1. The van der Waals surface area contributed by atoms with Crippen molar-refractivity contribution in [1.82, 2.24) is 10.0 Å². The Balaban J connectivity index is 1.95. The number of rotatable bonds is 8. The average molecular weight is 464 g/mol. The quantitative estimate of drug-likeness (QED) is 0.408. The van der Waals surface area contributed by atoms with Gasteiger partial charge in [0.1, 0.15) is 0 Å². The van der Waals surface area contributed by atoms with Gasteiger partial charge in [0.15, 0.2) is 16.6 Å². The summed E-state index contributed by atoms with van der Waals surface area (Å²) in [7, 11) is -0.495. The Morgan fingerprint density at radius 1 is 1.03 bits per heavy atom. The second kappa shape index (κ2) is 10.9. The van der Waals surface area contributed by atoms with E-state index in [1.165, 1.54) is 25.3 Å². The topological polar surface area (TPSA) is 106 Å². The molecule has 1 amide bonds. The molecule has 0 saturated carbocycles. The standard InChI is InChI=1S/C21H25N3O5S2/c1-14(2)24-31(26,27)17-9-7-16(8-10-17)22-21(30)23-20(25)12-6-15-5-11-18(28-3)19(13-15)29-4/h5-14,24H,1-4H3,(H2,22,23,25,30)/b12-6+. The number of ether oxygens (including phenoxy) is 2. The summed E-state index contributed by atoms with van der Waals surface area (Å²) >= 11 is 5.13. The van der Waals surface area contributed by atoms with Crippen LogP contribution in [0.2, 0.25) is 0 Å². The minimum Gasteiger partial charge on any atom is -0.493 e. The monoisotopic (exact) mass is 463 g/mol. The highest BCUT2D eigenvalue weighted by Gasteiger charge is 2.15. The van der Waals surface area contributed by atoms with Gasteiger partial charge in [0.05, 0.1) is 19.1 Å². The first kappa shape index (κ1) is 24.3. The summed E-state index contributed by atoms with van der Waals surface area (Å²) in [4.78, 5) is 12.3. The van der Waals surface area contributed by atoms with Gasteiger partial charge < -0.3 is 14.8 Å². The SMILES string of the molecule is COc1ccc(/C=C/C(=O)NC(=S)Nc2ccc(S(=O)(=O)NC(C)C)cc2)cc1OC. The van der Waals surface area contributed by atoms with Gasteiger partial charge in [-0.15, -0.1) is 0 Å². The van der Waals surface area contributed by atoms with Gasteiger partial charge in [-0.05, 0) is 74.1 Å². The van der Waals surface area contributed by atoms with Crippen LogP contribution in [-0.2, 0) is 14.8 Å². The van der Waals surface area contributed by atoms with Crippen molar-refractivity contribution < 1.29 is 22.7 Å². The largest absolute Gasteiger partial charge is 0.493 e. The van der Waals surface area contributed by atoms with Gasteiger partial charge in [0.2, 0.25) is 15.9 Å². The summed E-state index contributed by atoms with van der Waals surface area (Å²) in [5.41, 5.74) is 1.29. The molecule has 0 aliphatic heterocycles. The molecule has 3 N–H and O–H groups in total. The molecule has 0 aliphatic carbocycles. The number of nitrogens with one attached hydrogen (secondary N) is 3. The molecule has 0 saturated heterocycles. The molecule has 0 fully saturated rings. The van der Waals surface area contributed by atoms with E-state index < -0.39 is 15.9 Å². The Morgan fingerprint density at radius 3 is 2.26 bits per heavy atom. The van der Waals surface area contributed by atoms with Gasteiger partial charge >= 0.3 is 0 Å². The minimum atomic E-state index is -3.57. The lowest BCUT2D eigenvalue weighted by molar-refractivity contribution is -0.115. The first-order valence-electron chi connectivity index (χ1n) is 9.29. The van der Waals surface area contributed by atoms with Crippen LogP contribution in [0.25, 0.3) is 6.08 Å². The highest BCUT2D eigenvalue weighted by Crippen LogP contribution is 2.27. The Hall–Kier alpha value is -2.95. The highest BCUT2D eigenvalue weighted by atomic mass is 32.2. The van der Waals surface area contributed by atoms with Crippen molar-refractivity contribution in [3.05, 3.63) is 54.1 Å². The van der Waals surface area contributed by atoms with Crippen LogP contribution < -0.4 is 24.8 Å². The molecular formula is C21H25N3O5S2. The molecule has 0 unspecified atom stereocenters. The number of methoxy groups -OCH3 is 2. The fraction of sp³-hybridized carbons (Fsp3) is 0.238. The predicted molar refractivity (Wildman–Crippen MR) is 125 cm³/mol. The van der Waals surface area contributed by atoms with Gasteiger partial charge in [-0.2, -0.15) is 0 Å². The number of anilines is 1. The minimum absolute atomic E-state index is 0.0814. The molecule has 0 bridgehead atoms. The average Bonchev–Trinajstić information content (AvgIpc) is 2.71. The van der Waals surface area contributed by atoms with E-state index in [0.717, 1.165) is 5.56 Å². The molecular weight excluding hydrogens is 438 g/mol. The molecule has 2 aromatic rings. The van der Waals surface area contributed by atoms with E-state index in [1.54, 1.807) is 57.4 Å². The zero-order chi connectivity index (χ0) is 23.0. The van der Waals surface area contributed by atoms with Gasteiger partial charge in [-0.1, -0.05) is 6.07 Å². The lowest BCUT2D eigenvalue weighted by atomic mass is 10.2. The van der Waals surface area contributed by atoms with Crippen molar-refractivity contribution in [3.8, 4) is 11.5 Å². The molecule has 0 heterocycles. The molecule has 0 spiro atoms. The molecule has 0 aromatic heterocycles. The van der Waals surface area contributed by atoms with Crippen molar-refractivity contribution in [2.45, 2.75) is 24.8 Å². The molecule has 0 aliphatic rings. The number of benzene rings is 2. The van der Waals surface area contributed by atoms with Crippen molar-refractivity contribution in [2.75, 3.05) is 19.5 Å². The zero-order valence-electron chi connectivity index (χ0n) is 17.6. The van der Waals surface area contributed by atoms with Gasteiger partial charge in [0, 0.05) is 17.8 Å². The van der Waals surface area contributed by atoms with Gasteiger partial charge in [-0.25, -0.2) is 13.1 Å². The molecule has 10 heteroatoms. The Bertz CT molecular complexity index is 1060. The van der Waals surface area contributed by atoms with Crippen LogP contribution in [0, 0.1) is 0 Å². The summed E-state index contributed by atoms with van der Waals surface area (Å²) in [5, 5.41) is 5.45. The van der Waals surface area contributed by atoms with Crippen LogP contribution in [0.1, 0.15) is 19.4 Å². The summed E-state index contributed by atoms with van der Waals surface area (Å²) < 4.78 is 37.2. The first-order chi connectivity index (χ1) is 14.6. The Kier molecular flexibility index (Phi) is 8.55. The number of hydrogen-bond acceptors (Lipinski definition) is 6. The second-order valence-corrected chi connectivity index (χ2v) is 8.81. The summed E-state index contributed by atoms with van der Waals surface area (Å²) in [5.74, 6) is 0.720. The summed E-state index contributed by atoms with van der Waals surface area (Å²) in [6, 6.07) is 11.1. The fourth-order valence-electron chi connectivity index (χ4n) is 2.54.